The number of aliphatic imine (C=N–C) groups is 1. The largest absolute Gasteiger partial charge is 0.416 e. The molecule has 31 heavy (non-hydrogen) atoms. The van der Waals surface area contributed by atoms with E-state index >= 15 is 0 Å². The van der Waals surface area contributed by atoms with Crippen LogP contribution in [0, 0.1) is 0 Å². The van der Waals surface area contributed by atoms with Gasteiger partial charge in [0, 0.05) is 38.4 Å². The van der Waals surface area contributed by atoms with Crippen molar-refractivity contribution in [3.8, 4) is 0 Å². The quantitative estimate of drug-likeness (QED) is 0.416. The molecule has 164 valence electrons. The average Bonchev–Trinajstić information content (AvgIpc) is 3.19. The summed E-state index contributed by atoms with van der Waals surface area (Å²) >= 11 is 0. The Morgan fingerprint density at radius 1 is 1.00 bits per heavy atom. The molecule has 0 spiro atoms. The second-order valence-electron chi connectivity index (χ2n) is 7.02. The van der Waals surface area contributed by atoms with Crippen molar-refractivity contribution >= 4 is 5.96 Å². The van der Waals surface area contributed by atoms with Gasteiger partial charge in [0.15, 0.2) is 5.96 Å². The van der Waals surface area contributed by atoms with E-state index in [0.717, 1.165) is 24.5 Å². The van der Waals surface area contributed by atoms with Gasteiger partial charge in [-0.3, -0.25) is 0 Å². The molecule has 0 aliphatic carbocycles. The number of hydrogen-bond donors (Lipinski definition) is 2. The summed E-state index contributed by atoms with van der Waals surface area (Å²) in [5, 5.41) is 6.42. The van der Waals surface area contributed by atoms with E-state index in [1.807, 2.05) is 31.3 Å². The van der Waals surface area contributed by atoms with Gasteiger partial charge in [-0.2, -0.15) is 13.2 Å². The minimum absolute atomic E-state index is 0.288. The highest BCUT2D eigenvalue weighted by molar-refractivity contribution is 5.79. The number of nitrogens with zero attached hydrogens (tertiary/aromatic N) is 3. The summed E-state index contributed by atoms with van der Waals surface area (Å²) in [5.74, 6) is 1.58. The molecule has 0 aliphatic rings. The van der Waals surface area contributed by atoms with E-state index in [9.17, 15) is 13.2 Å². The molecule has 1 aromatic heterocycles. The monoisotopic (exact) mass is 429 g/mol. The molecule has 0 bridgehead atoms. The predicted molar refractivity (Wildman–Crippen MR) is 116 cm³/mol. The van der Waals surface area contributed by atoms with Crippen molar-refractivity contribution in [2.45, 2.75) is 32.6 Å². The molecule has 0 fully saturated rings. The zero-order chi connectivity index (χ0) is 22.1. The molecule has 0 amide bonds. The van der Waals surface area contributed by atoms with Crippen LogP contribution in [0.2, 0.25) is 0 Å². The number of guanidine groups is 1. The number of alkyl halides is 3. The third kappa shape index (κ3) is 6.87. The van der Waals surface area contributed by atoms with Crippen molar-refractivity contribution in [1.29, 1.82) is 0 Å². The normalized spacial score (nSPS) is 12.1. The van der Waals surface area contributed by atoms with E-state index in [-0.39, 0.29) is 6.54 Å². The Labute approximate surface area is 180 Å². The van der Waals surface area contributed by atoms with Gasteiger partial charge in [-0.15, -0.1) is 0 Å². The number of aromatic nitrogens is 2. The summed E-state index contributed by atoms with van der Waals surface area (Å²) in [7, 11) is 0. The lowest BCUT2D eigenvalue weighted by molar-refractivity contribution is -0.137. The van der Waals surface area contributed by atoms with Crippen molar-refractivity contribution in [2.75, 3.05) is 13.1 Å². The molecule has 0 atom stereocenters. The van der Waals surface area contributed by atoms with Crippen molar-refractivity contribution in [3.05, 3.63) is 89.5 Å². The summed E-state index contributed by atoms with van der Waals surface area (Å²) in [5.41, 5.74) is 1.26. The first kappa shape index (κ1) is 22.4. The molecule has 0 saturated heterocycles. The highest BCUT2D eigenvalue weighted by atomic mass is 19.4. The molecule has 8 heteroatoms. The number of benzene rings is 2. The van der Waals surface area contributed by atoms with Crippen molar-refractivity contribution in [3.63, 3.8) is 0 Å². The van der Waals surface area contributed by atoms with Crippen LogP contribution < -0.4 is 10.6 Å². The number of nitrogens with one attached hydrogen (secondary N) is 2. The predicted octanol–water partition coefficient (Wildman–Crippen LogP) is 4.25. The first-order valence-corrected chi connectivity index (χ1v) is 10.2. The fraction of sp³-hybridized carbons (Fsp3) is 0.304. The minimum Gasteiger partial charge on any atom is -0.357 e. The zero-order valence-electron chi connectivity index (χ0n) is 17.4. The topological polar surface area (TPSA) is 54.2 Å². The summed E-state index contributed by atoms with van der Waals surface area (Å²) in [4.78, 5) is 8.92. The van der Waals surface area contributed by atoms with Crippen LogP contribution in [-0.2, 0) is 25.7 Å². The Morgan fingerprint density at radius 3 is 2.42 bits per heavy atom. The van der Waals surface area contributed by atoms with E-state index in [0.29, 0.717) is 31.0 Å². The lowest BCUT2D eigenvalue weighted by Crippen LogP contribution is -2.38. The summed E-state index contributed by atoms with van der Waals surface area (Å²) in [6, 6.07) is 15.3. The standard InChI is InChI=1S/C23H26F3N5/c1-2-27-22(30-16-18-8-10-20(11-9-18)23(24,25)26)29-13-12-21-28-14-15-31(21)17-19-6-4-3-5-7-19/h3-11,14-15H,2,12-13,16-17H2,1H3,(H2,27,29,30). The lowest BCUT2D eigenvalue weighted by Gasteiger charge is -2.12. The van der Waals surface area contributed by atoms with Crippen LogP contribution in [-0.4, -0.2) is 28.6 Å². The van der Waals surface area contributed by atoms with Crippen molar-refractivity contribution in [1.82, 2.24) is 20.2 Å². The SMILES string of the molecule is CCNC(=NCc1ccc(C(F)(F)F)cc1)NCCc1nccn1Cc1ccccc1. The highest BCUT2D eigenvalue weighted by Crippen LogP contribution is 2.29. The Morgan fingerprint density at radius 2 is 1.74 bits per heavy atom. The molecular weight excluding hydrogens is 403 g/mol. The number of hydrogen-bond acceptors (Lipinski definition) is 2. The Kier molecular flexibility index (Phi) is 7.70. The fourth-order valence-corrected chi connectivity index (χ4v) is 3.10. The second-order valence-corrected chi connectivity index (χ2v) is 7.02. The van der Waals surface area contributed by atoms with Gasteiger partial charge in [-0.05, 0) is 30.2 Å². The Balaban J connectivity index is 1.54. The van der Waals surface area contributed by atoms with E-state index in [1.54, 1.807) is 6.20 Å². The number of imidazole rings is 1. The molecule has 3 rings (SSSR count). The Bertz CT molecular complexity index is 963. The van der Waals surface area contributed by atoms with Gasteiger partial charge in [0.2, 0.25) is 0 Å². The van der Waals surface area contributed by atoms with Crippen molar-refractivity contribution < 1.29 is 13.2 Å². The second kappa shape index (κ2) is 10.7. The molecular formula is C23H26F3N5. The van der Waals surface area contributed by atoms with Crippen LogP contribution in [0.5, 0.6) is 0 Å². The van der Waals surface area contributed by atoms with E-state index < -0.39 is 11.7 Å². The molecule has 5 nitrogen and oxygen atoms in total. The van der Waals surface area contributed by atoms with Gasteiger partial charge in [0.1, 0.15) is 5.82 Å². The molecule has 3 aromatic rings. The van der Waals surface area contributed by atoms with E-state index in [2.05, 4.69) is 37.3 Å². The zero-order valence-corrected chi connectivity index (χ0v) is 17.4. The molecule has 0 radical (unpaired) electrons. The van der Waals surface area contributed by atoms with Crippen LogP contribution in [0.15, 0.2) is 72.0 Å². The van der Waals surface area contributed by atoms with Gasteiger partial charge in [0.05, 0.1) is 12.1 Å². The summed E-state index contributed by atoms with van der Waals surface area (Å²) < 4.78 is 40.2. The minimum atomic E-state index is -4.33. The van der Waals surface area contributed by atoms with Crippen LogP contribution in [0.4, 0.5) is 13.2 Å². The van der Waals surface area contributed by atoms with Crippen LogP contribution in [0.1, 0.15) is 29.4 Å². The van der Waals surface area contributed by atoms with Crippen LogP contribution >= 0.6 is 0 Å². The van der Waals surface area contributed by atoms with Crippen LogP contribution in [0.3, 0.4) is 0 Å². The van der Waals surface area contributed by atoms with Gasteiger partial charge >= 0.3 is 6.18 Å². The maximum absolute atomic E-state index is 12.7. The maximum Gasteiger partial charge on any atom is 0.416 e. The smallest absolute Gasteiger partial charge is 0.357 e. The average molecular weight is 429 g/mol. The fourth-order valence-electron chi connectivity index (χ4n) is 3.10. The lowest BCUT2D eigenvalue weighted by atomic mass is 10.1. The number of halogens is 3. The molecule has 2 N–H and O–H groups in total. The van der Waals surface area contributed by atoms with Gasteiger partial charge < -0.3 is 15.2 Å². The third-order valence-electron chi connectivity index (χ3n) is 4.68. The summed E-state index contributed by atoms with van der Waals surface area (Å²) in [6.45, 7) is 4.32. The molecule has 1 heterocycles. The highest BCUT2D eigenvalue weighted by Gasteiger charge is 2.29. The van der Waals surface area contributed by atoms with Gasteiger partial charge in [-0.1, -0.05) is 42.5 Å². The Hall–Kier alpha value is -3.29. The maximum atomic E-state index is 12.7. The first-order valence-electron chi connectivity index (χ1n) is 10.2. The van der Waals surface area contributed by atoms with Gasteiger partial charge in [0.25, 0.3) is 0 Å². The van der Waals surface area contributed by atoms with Crippen LogP contribution in [0.25, 0.3) is 0 Å². The molecule has 0 unspecified atom stereocenters. The molecule has 0 saturated carbocycles. The first-order chi connectivity index (χ1) is 15.0. The van der Waals surface area contributed by atoms with E-state index in [1.165, 1.54) is 17.7 Å². The van der Waals surface area contributed by atoms with E-state index in [4.69, 9.17) is 0 Å². The molecule has 2 aromatic carbocycles. The van der Waals surface area contributed by atoms with Gasteiger partial charge in [-0.25, -0.2) is 9.98 Å². The van der Waals surface area contributed by atoms with Crippen molar-refractivity contribution in [2.24, 2.45) is 4.99 Å². The molecule has 0 aliphatic heterocycles. The summed E-state index contributed by atoms with van der Waals surface area (Å²) in [6.07, 6.45) is 0.142. The third-order valence-corrected chi connectivity index (χ3v) is 4.68. The number of rotatable bonds is 8.